The van der Waals surface area contributed by atoms with Crippen molar-refractivity contribution in [3.63, 3.8) is 0 Å². The number of carbonyl (C=O) groups is 4. The maximum atomic E-state index is 11.5. The molecule has 0 bridgehead atoms. The first-order valence-corrected chi connectivity index (χ1v) is 11.7. The van der Waals surface area contributed by atoms with Crippen LogP contribution in [0.15, 0.2) is 0 Å². The molecular weight excluding hydrogens is 503 g/mol. The predicted molar refractivity (Wildman–Crippen MR) is 120 cm³/mol. The first-order chi connectivity index (χ1) is 14.2. The third-order valence-corrected chi connectivity index (χ3v) is 5.17. The number of aliphatic carboxylic acids is 2. The molecule has 0 unspecified atom stereocenters. The second kappa shape index (κ2) is 23.7. The van der Waals surface area contributed by atoms with Gasteiger partial charge in [0.05, 0.1) is 0 Å². The number of unbranched alkanes of at least 4 members (excludes halogenated alkanes) is 4. The smallest absolute Gasteiger partial charge is 0.550 e. The van der Waals surface area contributed by atoms with Crippen molar-refractivity contribution in [1.82, 2.24) is 0 Å². The molecule has 0 saturated carbocycles. The summed E-state index contributed by atoms with van der Waals surface area (Å²) >= 11 is 0. The van der Waals surface area contributed by atoms with Crippen molar-refractivity contribution < 1.29 is 29.4 Å². The summed E-state index contributed by atoms with van der Waals surface area (Å²) in [6.07, 6.45) is 10.6. The fourth-order valence-electron chi connectivity index (χ4n) is 3.31. The van der Waals surface area contributed by atoms with Crippen LogP contribution in [0.25, 0.3) is 0 Å². The Bertz CT molecular complexity index is 432. The molecule has 0 aliphatic rings. The maximum absolute atomic E-state index is 11.5. The Balaban J connectivity index is -0.000000490. The van der Waals surface area contributed by atoms with Crippen LogP contribution < -0.4 is 10.2 Å². The molecule has 0 aromatic carbocycles. The number of carboxylic acid groups (broad SMARTS) is 2. The fourth-order valence-corrected chi connectivity index (χ4v) is 3.31. The monoisotopic (exact) mass is 546 g/mol. The van der Waals surface area contributed by atoms with Crippen LogP contribution >= 0.6 is 0 Å². The van der Waals surface area contributed by atoms with Crippen LogP contribution in [0.3, 0.4) is 0 Å². The Labute approximate surface area is 205 Å². The second-order valence-corrected chi connectivity index (χ2v) is 7.99. The number of hydrogen-bond acceptors (Lipinski definition) is 6. The van der Waals surface area contributed by atoms with E-state index in [1.165, 1.54) is 0 Å². The molecule has 0 heterocycles. The normalized spacial score (nSPS) is 10.3. The van der Waals surface area contributed by atoms with E-state index in [2.05, 4.69) is 27.7 Å². The molecule has 0 aromatic rings. The summed E-state index contributed by atoms with van der Waals surface area (Å²) in [4.78, 5) is 43.7. The number of carboxylic acids is 2. The third-order valence-electron chi connectivity index (χ3n) is 5.17. The molecular formula is C24H42O6Sn. The molecule has 0 atom stereocenters. The van der Waals surface area contributed by atoms with E-state index >= 15 is 0 Å². The molecule has 0 saturated heterocycles. The van der Waals surface area contributed by atoms with Gasteiger partial charge in [-0.2, -0.15) is 0 Å². The van der Waals surface area contributed by atoms with E-state index in [-0.39, 0.29) is 47.3 Å². The number of rotatable bonds is 18. The Morgan fingerprint density at radius 3 is 0.935 bits per heavy atom. The largest absolute Gasteiger partial charge is 2.00 e. The number of hydrogen-bond donors (Lipinski definition) is 0. The second-order valence-electron chi connectivity index (χ2n) is 7.99. The van der Waals surface area contributed by atoms with Crippen LogP contribution in [0.2, 0.25) is 0 Å². The summed E-state index contributed by atoms with van der Waals surface area (Å²) in [7, 11) is 0. The molecule has 0 spiro atoms. The van der Waals surface area contributed by atoms with E-state index in [1.54, 1.807) is 0 Å². The third kappa shape index (κ3) is 22.1. The molecule has 2 radical (unpaired) electrons. The minimum atomic E-state index is -1.25. The molecule has 0 amide bonds. The van der Waals surface area contributed by atoms with Crippen LogP contribution in [0.4, 0.5) is 0 Å². The van der Waals surface area contributed by atoms with Crippen molar-refractivity contribution in [3.8, 4) is 0 Å². The molecule has 0 aliphatic carbocycles. The maximum Gasteiger partial charge on any atom is 2.00 e. The molecule has 178 valence electrons. The van der Waals surface area contributed by atoms with Crippen LogP contribution in [0.1, 0.15) is 118 Å². The van der Waals surface area contributed by atoms with Gasteiger partial charge in [0.2, 0.25) is 0 Å². The van der Waals surface area contributed by atoms with Crippen molar-refractivity contribution in [1.29, 1.82) is 0 Å². The number of carbonyl (C=O) groups excluding carboxylic acids is 4. The van der Waals surface area contributed by atoms with E-state index in [4.69, 9.17) is 0 Å². The van der Waals surface area contributed by atoms with Crippen LogP contribution in [-0.2, 0) is 19.2 Å². The van der Waals surface area contributed by atoms with Crippen LogP contribution in [-0.4, -0.2) is 47.4 Å². The van der Waals surface area contributed by atoms with E-state index < -0.39 is 24.8 Å². The standard InChI is InChI=1S/2C12H22O3.Sn/c2*1-3-5-7-10(8-6-4-2)11(13)9-12(14)15;/h2*10H,3-9H2,1-2H3,(H,14,15);/q;;+2/p-2. The minimum absolute atomic E-state index is 0. The Kier molecular flexibility index (Phi) is 26.6. The van der Waals surface area contributed by atoms with Crippen LogP contribution in [0.5, 0.6) is 0 Å². The van der Waals surface area contributed by atoms with E-state index in [0.717, 1.165) is 77.0 Å². The average Bonchev–Trinajstić information content (AvgIpc) is 2.67. The molecule has 0 aliphatic heterocycles. The number of Topliss-reactive ketones (excluding diaryl/α,β-unsaturated/α-hetero) is 2. The van der Waals surface area contributed by atoms with Gasteiger partial charge in [-0.25, -0.2) is 0 Å². The summed E-state index contributed by atoms with van der Waals surface area (Å²) < 4.78 is 0. The first-order valence-electron chi connectivity index (χ1n) is 11.7. The van der Waals surface area contributed by atoms with Gasteiger partial charge in [0, 0.05) is 36.6 Å². The Morgan fingerprint density at radius 1 is 0.548 bits per heavy atom. The molecule has 6 nitrogen and oxygen atoms in total. The van der Waals surface area contributed by atoms with Crippen LogP contribution in [0, 0.1) is 11.8 Å². The van der Waals surface area contributed by atoms with E-state index in [0.29, 0.717) is 0 Å². The van der Waals surface area contributed by atoms with Crippen molar-refractivity contribution in [2.75, 3.05) is 0 Å². The predicted octanol–water partition coefficient (Wildman–Crippen LogP) is 3.00. The first kappa shape index (κ1) is 34.7. The molecule has 0 N–H and O–H groups in total. The molecule has 0 rings (SSSR count). The van der Waals surface area contributed by atoms with Gasteiger partial charge < -0.3 is 19.8 Å². The Morgan fingerprint density at radius 2 is 0.774 bits per heavy atom. The SMILES string of the molecule is CCCCC(CCCC)C(=O)CC(=O)[O-].CCCCC(CCCC)C(=O)CC(=O)[O-].[Sn+2]. The topological polar surface area (TPSA) is 114 Å². The van der Waals surface area contributed by atoms with Gasteiger partial charge >= 0.3 is 23.9 Å². The van der Waals surface area contributed by atoms with Gasteiger partial charge in [-0.05, 0) is 25.7 Å². The molecule has 0 aromatic heterocycles. The zero-order valence-corrected chi connectivity index (χ0v) is 22.9. The molecule has 7 heteroatoms. The van der Waals surface area contributed by atoms with Gasteiger partial charge in [0.25, 0.3) is 0 Å². The average molecular weight is 545 g/mol. The van der Waals surface area contributed by atoms with Gasteiger partial charge in [-0.15, -0.1) is 0 Å². The molecule has 31 heavy (non-hydrogen) atoms. The summed E-state index contributed by atoms with van der Waals surface area (Å²) in [6, 6.07) is 0. The van der Waals surface area contributed by atoms with E-state index in [9.17, 15) is 29.4 Å². The van der Waals surface area contributed by atoms with Crippen molar-refractivity contribution >= 4 is 47.4 Å². The van der Waals surface area contributed by atoms with Gasteiger partial charge in [0.1, 0.15) is 11.6 Å². The molecule has 0 fully saturated rings. The summed E-state index contributed by atoms with van der Waals surface area (Å²) in [5, 5.41) is 20.7. The quantitative estimate of drug-likeness (QED) is 0.193. The summed E-state index contributed by atoms with van der Waals surface area (Å²) in [5.41, 5.74) is 0. The minimum Gasteiger partial charge on any atom is -0.550 e. The zero-order valence-electron chi connectivity index (χ0n) is 20.0. The van der Waals surface area contributed by atoms with Crippen molar-refractivity contribution in [2.24, 2.45) is 11.8 Å². The van der Waals surface area contributed by atoms with Crippen molar-refractivity contribution in [2.45, 2.75) is 118 Å². The fraction of sp³-hybridized carbons (Fsp3) is 0.833. The Hall–Kier alpha value is -0.921. The number of ketones is 2. The van der Waals surface area contributed by atoms with E-state index in [1.807, 2.05) is 0 Å². The van der Waals surface area contributed by atoms with Gasteiger partial charge in [-0.3, -0.25) is 9.59 Å². The zero-order chi connectivity index (χ0) is 23.4. The van der Waals surface area contributed by atoms with Gasteiger partial charge in [-0.1, -0.05) is 79.1 Å². The summed E-state index contributed by atoms with van der Waals surface area (Å²) in [6.45, 7) is 8.28. The summed E-state index contributed by atoms with van der Waals surface area (Å²) in [5.74, 6) is -2.95. The van der Waals surface area contributed by atoms with Gasteiger partial charge in [0.15, 0.2) is 0 Å². The van der Waals surface area contributed by atoms with Crippen molar-refractivity contribution in [3.05, 3.63) is 0 Å².